The quantitative estimate of drug-likeness (QED) is 0.337. The first-order chi connectivity index (χ1) is 14.9. The number of aromatic nitrogens is 1. The lowest BCUT2D eigenvalue weighted by molar-refractivity contribution is -0.0962. The molecule has 2 N–H and O–H groups in total. The van der Waals surface area contributed by atoms with Crippen molar-refractivity contribution in [2.45, 2.75) is 45.1 Å². The largest absolute Gasteiger partial charge is 0.338 e. The number of carbonyl (C=O) groups excluding carboxylic acids is 1. The van der Waals surface area contributed by atoms with Gasteiger partial charge in [0.1, 0.15) is 0 Å². The van der Waals surface area contributed by atoms with Gasteiger partial charge in [-0.15, -0.1) is 0 Å². The van der Waals surface area contributed by atoms with Crippen LogP contribution >= 0.6 is 0 Å². The predicted octanol–water partition coefficient (Wildman–Crippen LogP) is 3.94. The van der Waals surface area contributed by atoms with Crippen molar-refractivity contribution in [1.82, 2.24) is 14.8 Å². The van der Waals surface area contributed by atoms with E-state index in [1.807, 2.05) is 30.3 Å². The van der Waals surface area contributed by atoms with Crippen molar-refractivity contribution in [2.24, 2.45) is 0 Å². The SMILES string of the molecule is CS(=O)(=O)N(CCCCCCCCNC(=O)Nc1ccncc1)OCc1ccccc1. The van der Waals surface area contributed by atoms with E-state index in [2.05, 4.69) is 15.6 Å². The monoisotopic (exact) mass is 448 g/mol. The van der Waals surface area contributed by atoms with E-state index in [0.717, 1.165) is 54.8 Å². The zero-order chi connectivity index (χ0) is 22.4. The van der Waals surface area contributed by atoms with Gasteiger partial charge in [-0.2, -0.15) is 0 Å². The lowest BCUT2D eigenvalue weighted by Crippen LogP contribution is -2.31. The second-order valence-electron chi connectivity index (χ2n) is 7.29. The van der Waals surface area contributed by atoms with Crippen LogP contribution in [0.2, 0.25) is 0 Å². The number of anilines is 1. The van der Waals surface area contributed by atoms with Crippen LogP contribution in [0.4, 0.5) is 10.5 Å². The Hall–Kier alpha value is -2.49. The van der Waals surface area contributed by atoms with E-state index < -0.39 is 10.0 Å². The summed E-state index contributed by atoms with van der Waals surface area (Å²) in [6, 6.07) is 12.7. The van der Waals surface area contributed by atoms with Crippen LogP contribution in [0.1, 0.15) is 44.1 Å². The van der Waals surface area contributed by atoms with Crippen LogP contribution in [0.15, 0.2) is 54.9 Å². The number of sulfonamides is 1. The Bertz CT molecular complexity index is 864. The van der Waals surface area contributed by atoms with Crippen molar-refractivity contribution >= 4 is 21.7 Å². The summed E-state index contributed by atoms with van der Waals surface area (Å²) >= 11 is 0. The minimum Gasteiger partial charge on any atom is -0.338 e. The Balaban J connectivity index is 1.51. The maximum Gasteiger partial charge on any atom is 0.319 e. The summed E-state index contributed by atoms with van der Waals surface area (Å²) in [6.07, 6.45) is 10.0. The summed E-state index contributed by atoms with van der Waals surface area (Å²) in [6.45, 7) is 1.20. The van der Waals surface area contributed by atoms with Crippen molar-refractivity contribution < 1.29 is 18.0 Å². The van der Waals surface area contributed by atoms with E-state index in [-0.39, 0.29) is 12.6 Å². The van der Waals surface area contributed by atoms with E-state index in [9.17, 15) is 13.2 Å². The minimum absolute atomic E-state index is 0.220. The molecule has 1 aromatic carbocycles. The van der Waals surface area contributed by atoms with Gasteiger partial charge in [0.25, 0.3) is 0 Å². The van der Waals surface area contributed by atoms with E-state index in [0.29, 0.717) is 18.8 Å². The molecule has 2 aromatic rings. The molecule has 0 aliphatic rings. The van der Waals surface area contributed by atoms with Crippen LogP contribution < -0.4 is 10.6 Å². The Morgan fingerprint density at radius 3 is 2.29 bits per heavy atom. The molecule has 0 aliphatic carbocycles. The van der Waals surface area contributed by atoms with Crippen molar-refractivity contribution in [3.05, 3.63) is 60.4 Å². The molecular weight excluding hydrogens is 416 g/mol. The molecule has 31 heavy (non-hydrogen) atoms. The van der Waals surface area contributed by atoms with Crippen LogP contribution in [-0.4, -0.2) is 43.2 Å². The van der Waals surface area contributed by atoms with Gasteiger partial charge < -0.3 is 10.6 Å². The Morgan fingerprint density at radius 2 is 1.61 bits per heavy atom. The molecular formula is C22H32N4O4S. The topological polar surface area (TPSA) is 101 Å². The van der Waals surface area contributed by atoms with Gasteiger partial charge in [-0.1, -0.05) is 60.5 Å². The average molecular weight is 449 g/mol. The molecule has 0 aliphatic heterocycles. The molecule has 0 bridgehead atoms. The molecule has 8 nitrogen and oxygen atoms in total. The summed E-state index contributed by atoms with van der Waals surface area (Å²) in [5.41, 5.74) is 1.64. The van der Waals surface area contributed by atoms with Gasteiger partial charge in [0.05, 0.1) is 12.9 Å². The van der Waals surface area contributed by atoms with Gasteiger partial charge in [-0.05, 0) is 30.5 Å². The summed E-state index contributed by atoms with van der Waals surface area (Å²) in [5, 5.41) is 5.58. The standard InChI is InChI=1S/C22H32N4O4S/c1-31(28,29)26(30-19-20-11-7-6-8-12-20)18-10-5-3-2-4-9-15-24-22(27)25-21-13-16-23-17-14-21/h6-8,11-14,16-17H,2-5,9-10,15,18-19H2,1H3,(H2,23,24,25,27). The highest BCUT2D eigenvalue weighted by Gasteiger charge is 2.17. The third-order valence-corrected chi connectivity index (χ3v) is 5.61. The number of carbonyl (C=O) groups is 1. The number of pyridine rings is 1. The van der Waals surface area contributed by atoms with E-state index >= 15 is 0 Å². The lowest BCUT2D eigenvalue weighted by Gasteiger charge is -2.19. The first-order valence-corrected chi connectivity index (χ1v) is 12.4. The second-order valence-corrected chi connectivity index (χ2v) is 9.16. The number of urea groups is 1. The number of hydrogen-bond donors (Lipinski definition) is 2. The molecule has 9 heteroatoms. The fraction of sp³-hybridized carbons (Fsp3) is 0.455. The van der Waals surface area contributed by atoms with Gasteiger partial charge >= 0.3 is 6.03 Å². The number of unbranched alkanes of at least 4 members (excludes halogenated alkanes) is 5. The Labute approximate surface area is 185 Å². The summed E-state index contributed by atoms with van der Waals surface area (Å²) in [7, 11) is -3.41. The molecule has 2 rings (SSSR count). The molecule has 0 spiro atoms. The van der Waals surface area contributed by atoms with Crippen LogP contribution in [0.3, 0.4) is 0 Å². The third-order valence-electron chi connectivity index (χ3n) is 4.58. The number of hydroxylamine groups is 1. The average Bonchev–Trinajstić information content (AvgIpc) is 2.75. The molecule has 0 unspecified atom stereocenters. The van der Waals surface area contributed by atoms with Gasteiger partial charge in [-0.25, -0.2) is 13.2 Å². The van der Waals surface area contributed by atoms with Crippen molar-refractivity contribution in [3.63, 3.8) is 0 Å². The number of rotatable bonds is 14. The molecule has 0 saturated carbocycles. The van der Waals surface area contributed by atoms with Gasteiger partial charge in [0.15, 0.2) is 0 Å². The van der Waals surface area contributed by atoms with Crippen LogP contribution in [0.25, 0.3) is 0 Å². The normalized spacial score (nSPS) is 11.4. The van der Waals surface area contributed by atoms with Crippen LogP contribution in [-0.2, 0) is 21.5 Å². The van der Waals surface area contributed by atoms with E-state index in [4.69, 9.17) is 4.84 Å². The van der Waals surface area contributed by atoms with Crippen molar-refractivity contribution in [1.29, 1.82) is 0 Å². The smallest absolute Gasteiger partial charge is 0.319 e. The second kappa shape index (κ2) is 13.7. The summed E-state index contributed by atoms with van der Waals surface area (Å²) in [4.78, 5) is 21.2. The minimum atomic E-state index is -3.41. The Kier molecular flexibility index (Phi) is 11.0. The zero-order valence-corrected chi connectivity index (χ0v) is 18.8. The first kappa shape index (κ1) is 24.8. The van der Waals surface area contributed by atoms with Gasteiger partial charge in [0, 0.05) is 31.2 Å². The van der Waals surface area contributed by atoms with Gasteiger partial charge in [0.2, 0.25) is 10.0 Å². The summed E-state index contributed by atoms with van der Waals surface area (Å²) < 4.78 is 24.9. The highest BCUT2D eigenvalue weighted by molar-refractivity contribution is 7.88. The first-order valence-electron chi connectivity index (χ1n) is 10.5. The predicted molar refractivity (Wildman–Crippen MR) is 122 cm³/mol. The summed E-state index contributed by atoms with van der Waals surface area (Å²) in [5.74, 6) is 0. The fourth-order valence-corrected chi connectivity index (χ4v) is 3.64. The van der Waals surface area contributed by atoms with Crippen molar-refractivity contribution in [3.8, 4) is 0 Å². The maximum absolute atomic E-state index is 11.9. The van der Waals surface area contributed by atoms with Crippen LogP contribution in [0, 0.1) is 0 Å². The molecule has 2 amide bonds. The fourth-order valence-electron chi connectivity index (χ4n) is 2.93. The number of hydrogen-bond acceptors (Lipinski definition) is 5. The third kappa shape index (κ3) is 10.9. The molecule has 0 saturated heterocycles. The number of nitrogens with zero attached hydrogens (tertiary/aromatic N) is 2. The zero-order valence-electron chi connectivity index (χ0n) is 18.0. The number of benzene rings is 1. The number of amides is 2. The molecule has 1 heterocycles. The van der Waals surface area contributed by atoms with Crippen LogP contribution in [0.5, 0.6) is 0 Å². The molecule has 1 aromatic heterocycles. The lowest BCUT2D eigenvalue weighted by atomic mass is 10.1. The molecule has 0 fully saturated rings. The highest BCUT2D eigenvalue weighted by Crippen LogP contribution is 2.11. The number of nitrogens with one attached hydrogen (secondary N) is 2. The van der Waals surface area contributed by atoms with E-state index in [1.54, 1.807) is 24.5 Å². The van der Waals surface area contributed by atoms with Crippen molar-refractivity contribution in [2.75, 3.05) is 24.7 Å². The molecule has 170 valence electrons. The highest BCUT2D eigenvalue weighted by atomic mass is 32.2. The molecule has 0 radical (unpaired) electrons. The van der Waals surface area contributed by atoms with Gasteiger partial charge in [-0.3, -0.25) is 9.82 Å². The Morgan fingerprint density at radius 1 is 0.968 bits per heavy atom. The van der Waals surface area contributed by atoms with E-state index in [1.165, 1.54) is 0 Å². The molecule has 0 atom stereocenters. The maximum atomic E-state index is 11.9.